The number of nitrogens with zero attached hydrogens (tertiary/aromatic N) is 2. The third-order valence-corrected chi connectivity index (χ3v) is 3.45. The Kier molecular flexibility index (Phi) is 4.58. The van der Waals surface area contributed by atoms with Crippen molar-refractivity contribution in [3.63, 3.8) is 0 Å². The van der Waals surface area contributed by atoms with Gasteiger partial charge in [0.25, 0.3) is 0 Å². The van der Waals surface area contributed by atoms with Crippen molar-refractivity contribution < 1.29 is 9.84 Å². The smallest absolute Gasteiger partial charge is 0.0900 e. The van der Waals surface area contributed by atoms with Gasteiger partial charge in [0.05, 0.1) is 12.7 Å². The zero-order valence-corrected chi connectivity index (χ0v) is 10.3. The summed E-state index contributed by atoms with van der Waals surface area (Å²) in [4.78, 5) is 4.94. The molecule has 2 rings (SSSR count). The summed E-state index contributed by atoms with van der Waals surface area (Å²) in [6, 6.07) is 0.885. The van der Waals surface area contributed by atoms with Crippen LogP contribution < -0.4 is 0 Å². The SMILES string of the molecule is CCOCC(O)CN1CCN(C2CC2)CC1. The molecule has 1 aliphatic carbocycles. The summed E-state index contributed by atoms with van der Waals surface area (Å²) in [5.41, 5.74) is 0. The van der Waals surface area contributed by atoms with Crippen LogP contribution in [0.1, 0.15) is 19.8 Å². The van der Waals surface area contributed by atoms with Crippen molar-refractivity contribution in [1.29, 1.82) is 0 Å². The highest BCUT2D eigenvalue weighted by atomic mass is 16.5. The molecule has 1 saturated heterocycles. The highest BCUT2D eigenvalue weighted by Crippen LogP contribution is 2.27. The third-order valence-electron chi connectivity index (χ3n) is 3.45. The van der Waals surface area contributed by atoms with Gasteiger partial charge in [-0.15, -0.1) is 0 Å². The van der Waals surface area contributed by atoms with Crippen LogP contribution in [0.4, 0.5) is 0 Å². The molecule has 1 unspecified atom stereocenters. The molecule has 16 heavy (non-hydrogen) atoms. The number of piperazine rings is 1. The Labute approximate surface area is 98.2 Å². The molecule has 4 nitrogen and oxygen atoms in total. The van der Waals surface area contributed by atoms with E-state index in [1.54, 1.807) is 0 Å². The molecule has 0 aromatic rings. The molecule has 0 aromatic heterocycles. The van der Waals surface area contributed by atoms with E-state index in [1.165, 1.54) is 25.9 Å². The molecule has 0 aromatic carbocycles. The van der Waals surface area contributed by atoms with E-state index in [0.717, 1.165) is 25.7 Å². The van der Waals surface area contributed by atoms with Gasteiger partial charge in [-0.3, -0.25) is 9.80 Å². The first-order chi connectivity index (χ1) is 7.79. The summed E-state index contributed by atoms with van der Waals surface area (Å²) in [7, 11) is 0. The number of aliphatic hydroxyl groups is 1. The van der Waals surface area contributed by atoms with E-state index >= 15 is 0 Å². The first-order valence-corrected chi connectivity index (χ1v) is 6.51. The third kappa shape index (κ3) is 3.70. The average Bonchev–Trinajstić information content (AvgIpc) is 3.11. The van der Waals surface area contributed by atoms with Crippen LogP contribution in [0, 0.1) is 0 Å². The van der Waals surface area contributed by atoms with Gasteiger partial charge in [0, 0.05) is 45.4 Å². The quantitative estimate of drug-likeness (QED) is 0.703. The summed E-state index contributed by atoms with van der Waals surface area (Å²) in [5.74, 6) is 0. The van der Waals surface area contributed by atoms with Crippen LogP contribution in [0.15, 0.2) is 0 Å². The highest BCUT2D eigenvalue weighted by molar-refractivity contribution is 4.87. The van der Waals surface area contributed by atoms with Crippen molar-refractivity contribution >= 4 is 0 Å². The molecule has 1 heterocycles. The number of hydrogen-bond acceptors (Lipinski definition) is 4. The van der Waals surface area contributed by atoms with Crippen LogP contribution in [0.5, 0.6) is 0 Å². The predicted molar refractivity (Wildman–Crippen MR) is 63.5 cm³/mol. The lowest BCUT2D eigenvalue weighted by Crippen LogP contribution is -2.49. The van der Waals surface area contributed by atoms with Gasteiger partial charge in [-0.1, -0.05) is 0 Å². The Morgan fingerprint density at radius 3 is 2.50 bits per heavy atom. The fourth-order valence-corrected chi connectivity index (χ4v) is 2.36. The van der Waals surface area contributed by atoms with E-state index < -0.39 is 0 Å². The molecular weight excluding hydrogens is 204 g/mol. The number of rotatable bonds is 6. The molecule has 2 fully saturated rings. The van der Waals surface area contributed by atoms with Gasteiger partial charge in [0.15, 0.2) is 0 Å². The molecule has 1 N–H and O–H groups in total. The molecule has 4 heteroatoms. The summed E-state index contributed by atoms with van der Waals surface area (Å²) in [6.07, 6.45) is 2.47. The topological polar surface area (TPSA) is 35.9 Å². The molecule has 1 atom stereocenters. The van der Waals surface area contributed by atoms with Crippen molar-refractivity contribution in [3.05, 3.63) is 0 Å². The standard InChI is InChI=1S/C12H24N2O2/c1-2-16-10-12(15)9-13-5-7-14(8-6-13)11-3-4-11/h11-12,15H,2-10H2,1H3. The summed E-state index contributed by atoms with van der Waals surface area (Å²) in [5, 5.41) is 9.74. The first kappa shape index (κ1) is 12.3. The second-order valence-electron chi connectivity index (χ2n) is 4.88. The Morgan fingerprint density at radius 1 is 1.25 bits per heavy atom. The van der Waals surface area contributed by atoms with Crippen LogP contribution in [-0.2, 0) is 4.74 Å². The van der Waals surface area contributed by atoms with E-state index in [0.29, 0.717) is 13.2 Å². The number of hydrogen-bond donors (Lipinski definition) is 1. The Morgan fingerprint density at radius 2 is 1.94 bits per heavy atom. The van der Waals surface area contributed by atoms with Gasteiger partial charge in [0.2, 0.25) is 0 Å². The van der Waals surface area contributed by atoms with Gasteiger partial charge >= 0.3 is 0 Å². The summed E-state index contributed by atoms with van der Waals surface area (Å²) >= 11 is 0. The van der Waals surface area contributed by atoms with Crippen LogP contribution in [0.2, 0.25) is 0 Å². The summed E-state index contributed by atoms with van der Waals surface area (Å²) in [6.45, 7) is 8.42. The maximum absolute atomic E-state index is 9.74. The largest absolute Gasteiger partial charge is 0.389 e. The van der Waals surface area contributed by atoms with Gasteiger partial charge < -0.3 is 9.84 Å². The first-order valence-electron chi connectivity index (χ1n) is 6.51. The molecule has 94 valence electrons. The monoisotopic (exact) mass is 228 g/mol. The van der Waals surface area contributed by atoms with Crippen molar-refractivity contribution in [2.45, 2.75) is 31.9 Å². The van der Waals surface area contributed by atoms with Crippen molar-refractivity contribution in [2.24, 2.45) is 0 Å². The van der Waals surface area contributed by atoms with E-state index in [2.05, 4.69) is 9.80 Å². The second-order valence-corrected chi connectivity index (χ2v) is 4.88. The zero-order chi connectivity index (χ0) is 11.4. The normalized spacial score (nSPS) is 25.9. The molecular formula is C12H24N2O2. The van der Waals surface area contributed by atoms with E-state index in [-0.39, 0.29) is 6.10 Å². The maximum atomic E-state index is 9.74. The molecule has 2 aliphatic rings. The lowest BCUT2D eigenvalue weighted by Gasteiger charge is -2.35. The van der Waals surface area contributed by atoms with Crippen molar-refractivity contribution in [1.82, 2.24) is 9.80 Å². The van der Waals surface area contributed by atoms with Crippen LogP contribution in [0.3, 0.4) is 0 Å². The van der Waals surface area contributed by atoms with Crippen LogP contribution >= 0.6 is 0 Å². The fourth-order valence-electron chi connectivity index (χ4n) is 2.36. The van der Waals surface area contributed by atoms with E-state index in [9.17, 15) is 5.11 Å². The zero-order valence-electron chi connectivity index (χ0n) is 10.3. The van der Waals surface area contributed by atoms with Crippen LogP contribution in [-0.4, -0.2) is 73.0 Å². The van der Waals surface area contributed by atoms with Gasteiger partial charge in [-0.2, -0.15) is 0 Å². The molecule has 1 saturated carbocycles. The highest BCUT2D eigenvalue weighted by Gasteiger charge is 2.31. The predicted octanol–water partition coefficient (Wildman–Crippen LogP) is 0.164. The lowest BCUT2D eigenvalue weighted by molar-refractivity contribution is 0.0101. The number of aliphatic hydroxyl groups excluding tert-OH is 1. The summed E-state index contributed by atoms with van der Waals surface area (Å²) < 4.78 is 5.22. The maximum Gasteiger partial charge on any atom is 0.0900 e. The van der Waals surface area contributed by atoms with Gasteiger partial charge in [0.1, 0.15) is 0 Å². The van der Waals surface area contributed by atoms with Crippen molar-refractivity contribution in [2.75, 3.05) is 45.9 Å². The van der Waals surface area contributed by atoms with E-state index in [4.69, 9.17) is 4.74 Å². The number of β-amino-alcohol motifs (C(OH)–C–C–N with tert-alkyl or cyclic N) is 1. The molecule has 0 bridgehead atoms. The number of ether oxygens (including phenoxy) is 1. The van der Waals surface area contributed by atoms with E-state index in [1.807, 2.05) is 6.92 Å². The van der Waals surface area contributed by atoms with Crippen molar-refractivity contribution in [3.8, 4) is 0 Å². The Hall–Kier alpha value is -0.160. The second kappa shape index (κ2) is 5.96. The Bertz CT molecular complexity index is 201. The average molecular weight is 228 g/mol. The Balaban J connectivity index is 1.60. The lowest BCUT2D eigenvalue weighted by atomic mass is 10.2. The molecule has 0 spiro atoms. The minimum atomic E-state index is -0.326. The van der Waals surface area contributed by atoms with Crippen LogP contribution in [0.25, 0.3) is 0 Å². The molecule has 0 amide bonds. The molecule has 1 aliphatic heterocycles. The fraction of sp³-hybridized carbons (Fsp3) is 1.00. The minimum Gasteiger partial charge on any atom is -0.389 e. The molecule has 0 radical (unpaired) electrons. The minimum absolute atomic E-state index is 0.326. The van der Waals surface area contributed by atoms with Gasteiger partial charge in [-0.25, -0.2) is 0 Å². The van der Waals surface area contributed by atoms with Gasteiger partial charge in [-0.05, 0) is 19.8 Å².